The number of hydrogen-bond acceptors (Lipinski definition) is 4. The predicted octanol–water partition coefficient (Wildman–Crippen LogP) is 2.20. The van der Waals surface area contributed by atoms with Gasteiger partial charge in [0.2, 0.25) is 5.91 Å². The molecule has 2 N–H and O–H groups in total. The number of amides is 1. The summed E-state index contributed by atoms with van der Waals surface area (Å²) in [6.45, 7) is 3.37. The Hall–Kier alpha value is -1.62. The minimum absolute atomic E-state index is 0.0744. The second kappa shape index (κ2) is 4.09. The molecule has 1 aromatic heterocycles. The van der Waals surface area contributed by atoms with Gasteiger partial charge in [0.05, 0.1) is 16.3 Å². The van der Waals surface area contributed by atoms with Crippen LogP contribution in [-0.4, -0.2) is 16.0 Å². The Kier molecular flexibility index (Phi) is 2.78. The topological polar surface area (TPSA) is 62.2 Å². The lowest BCUT2D eigenvalue weighted by Crippen LogP contribution is -2.23. The number of hydrogen-bond donors (Lipinski definition) is 2. The van der Waals surface area contributed by atoms with Crippen molar-refractivity contribution in [3.05, 3.63) is 23.2 Å². The molecule has 1 heterocycles. The standard InChI is InChI=1S/C11H12N2O2S/c1-6(12-7(2)14)11-13-9-4-3-8(15)5-10(9)16-11/h3-6,15H,1-2H3,(H,12,14). The monoisotopic (exact) mass is 236 g/mol. The number of thiazole rings is 1. The fraction of sp³-hybridized carbons (Fsp3) is 0.273. The molecule has 5 heteroatoms. The van der Waals surface area contributed by atoms with Crippen LogP contribution in [0.25, 0.3) is 10.2 Å². The van der Waals surface area contributed by atoms with Crippen molar-refractivity contribution >= 4 is 27.5 Å². The van der Waals surface area contributed by atoms with Crippen LogP contribution in [-0.2, 0) is 4.79 Å². The van der Waals surface area contributed by atoms with Crippen molar-refractivity contribution in [3.63, 3.8) is 0 Å². The van der Waals surface area contributed by atoms with E-state index in [1.165, 1.54) is 18.3 Å². The summed E-state index contributed by atoms with van der Waals surface area (Å²) in [5, 5.41) is 13.0. The molecule has 84 valence electrons. The van der Waals surface area contributed by atoms with E-state index in [0.29, 0.717) is 0 Å². The summed E-state index contributed by atoms with van der Waals surface area (Å²) in [5.41, 5.74) is 0.843. The Labute approximate surface area is 96.9 Å². The third kappa shape index (κ3) is 2.14. The Morgan fingerprint density at radius 1 is 1.56 bits per heavy atom. The molecule has 1 aromatic carbocycles. The predicted molar refractivity (Wildman–Crippen MR) is 63.5 cm³/mol. The summed E-state index contributed by atoms with van der Waals surface area (Å²) in [6.07, 6.45) is 0. The first-order valence-electron chi connectivity index (χ1n) is 4.93. The molecule has 0 saturated carbocycles. The minimum Gasteiger partial charge on any atom is -0.508 e. The third-order valence-corrected chi connectivity index (χ3v) is 3.38. The Morgan fingerprint density at radius 2 is 2.31 bits per heavy atom. The highest BCUT2D eigenvalue weighted by Crippen LogP contribution is 2.28. The lowest BCUT2D eigenvalue weighted by Gasteiger charge is -2.07. The maximum absolute atomic E-state index is 10.9. The summed E-state index contributed by atoms with van der Waals surface area (Å²) < 4.78 is 0.923. The van der Waals surface area contributed by atoms with Gasteiger partial charge in [-0.05, 0) is 25.1 Å². The molecule has 2 rings (SSSR count). The summed E-state index contributed by atoms with van der Waals surface area (Å²) >= 11 is 1.48. The van der Waals surface area contributed by atoms with E-state index in [4.69, 9.17) is 0 Å². The van der Waals surface area contributed by atoms with Gasteiger partial charge in [-0.15, -0.1) is 11.3 Å². The van der Waals surface area contributed by atoms with Gasteiger partial charge in [0, 0.05) is 6.92 Å². The van der Waals surface area contributed by atoms with E-state index in [1.807, 2.05) is 6.92 Å². The van der Waals surface area contributed by atoms with E-state index in [9.17, 15) is 9.90 Å². The maximum atomic E-state index is 10.9. The summed E-state index contributed by atoms with van der Waals surface area (Å²) in [7, 11) is 0. The van der Waals surface area contributed by atoms with Crippen LogP contribution in [0.2, 0.25) is 0 Å². The molecule has 4 nitrogen and oxygen atoms in total. The number of nitrogens with zero attached hydrogens (tertiary/aromatic N) is 1. The number of rotatable bonds is 2. The van der Waals surface area contributed by atoms with Gasteiger partial charge in [-0.3, -0.25) is 4.79 Å². The molecule has 16 heavy (non-hydrogen) atoms. The number of benzene rings is 1. The fourth-order valence-corrected chi connectivity index (χ4v) is 2.49. The van der Waals surface area contributed by atoms with Crippen molar-refractivity contribution < 1.29 is 9.90 Å². The van der Waals surface area contributed by atoms with Crippen molar-refractivity contribution in [1.29, 1.82) is 0 Å². The van der Waals surface area contributed by atoms with E-state index in [0.717, 1.165) is 15.2 Å². The Balaban J connectivity index is 2.35. The first-order chi connectivity index (χ1) is 7.56. The number of aromatic hydroxyl groups is 1. The molecular formula is C11H12N2O2S. The second-order valence-corrected chi connectivity index (χ2v) is 4.69. The molecule has 2 aromatic rings. The van der Waals surface area contributed by atoms with Gasteiger partial charge in [0.25, 0.3) is 0 Å². The largest absolute Gasteiger partial charge is 0.508 e. The molecule has 0 aliphatic carbocycles. The van der Waals surface area contributed by atoms with Crippen LogP contribution in [0.5, 0.6) is 5.75 Å². The van der Waals surface area contributed by atoms with Gasteiger partial charge in [-0.2, -0.15) is 0 Å². The molecule has 0 bridgehead atoms. The van der Waals surface area contributed by atoms with Gasteiger partial charge < -0.3 is 10.4 Å². The molecule has 0 aliphatic heterocycles. The number of carbonyl (C=O) groups is 1. The van der Waals surface area contributed by atoms with Crippen LogP contribution >= 0.6 is 11.3 Å². The molecule has 0 saturated heterocycles. The molecule has 0 fully saturated rings. The van der Waals surface area contributed by atoms with Gasteiger partial charge >= 0.3 is 0 Å². The smallest absolute Gasteiger partial charge is 0.217 e. The highest BCUT2D eigenvalue weighted by atomic mass is 32.1. The molecular weight excluding hydrogens is 224 g/mol. The lowest BCUT2D eigenvalue weighted by atomic mass is 10.3. The lowest BCUT2D eigenvalue weighted by molar-refractivity contribution is -0.119. The van der Waals surface area contributed by atoms with Crippen molar-refractivity contribution in [2.24, 2.45) is 0 Å². The number of aromatic nitrogens is 1. The molecule has 0 radical (unpaired) electrons. The van der Waals surface area contributed by atoms with E-state index in [1.54, 1.807) is 18.2 Å². The molecule has 0 spiro atoms. The highest BCUT2D eigenvalue weighted by Gasteiger charge is 2.12. The van der Waals surface area contributed by atoms with Crippen molar-refractivity contribution in [3.8, 4) is 5.75 Å². The number of phenolic OH excluding ortho intramolecular Hbond substituents is 1. The Bertz CT molecular complexity index is 536. The van der Waals surface area contributed by atoms with Gasteiger partial charge in [-0.25, -0.2) is 4.98 Å². The quantitative estimate of drug-likeness (QED) is 0.840. The molecule has 1 unspecified atom stereocenters. The second-order valence-electron chi connectivity index (χ2n) is 3.63. The SMILES string of the molecule is CC(=O)NC(C)c1nc2ccc(O)cc2s1. The van der Waals surface area contributed by atoms with Crippen molar-refractivity contribution in [2.75, 3.05) is 0 Å². The zero-order valence-corrected chi connectivity index (χ0v) is 9.84. The van der Waals surface area contributed by atoms with Crippen molar-refractivity contribution in [1.82, 2.24) is 10.3 Å². The normalized spacial score (nSPS) is 12.6. The van der Waals surface area contributed by atoms with Crippen LogP contribution < -0.4 is 5.32 Å². The van der Waals surface area contributed by atoms with Crippen LogP contribution in [0.15, 0.2) is 18.2 Å². The van der Waals surface area contributed by atoms with E-state index >= 15 is 0 Å². The number of fused-ring (bicyclic) bond motifs is 1. The number of nitrogens with one attached hydrogen (secondary N) is 1. The first kappa shape index (κ1) is 10.9. The van der Waals surface area contributed by atoms with E-state index in [2.05, 4.69) is 10.3 Å². The first-order valence-corrected chi connectivity index (χ1v) is 5.74. The minimum atomic E-state index is -0.1000. The zero-order chi connectivity index (χ0) is 11.7. The summed E-state index contributed by atoms with van der Waals surface area (Å²) in [6, 6.07) is 4.95. The fourth-order valence-electron chi connectivity index (χ4n) is 1.48. The highest BCUT2D eigenvalue weighted by molar-refractivity contribution is 7.18. The van der Waals surface area contributed by atoms with E-state index in [-0.39, 0.29) is 17.7 Å². The summed E-state index contributed by atoms with van der Waals surface area (Å²) in [5.74, 6) is 0.157. The number of phenols is 1. The average molecular weight is 236 g/mol. The maximum Gasteiger partial charge on any atom is 0.217 e. The van der Waals surface area contributed by atoms with Crippen molar-refractivity contribution in [2.45, 2.75) is 19.9 Å². The van der Waals surface area contributed by atoms with Gasteiger partial charge in [0.1, 0.15) is 10.8 Å². The Morgan fingerprint density at radius 3 is 3.00 bits per heavy atom. The third-order valence-electron chi connectivity index (χ3n) is 2.18. The van der Waals surface area contributed by atoms with Crippen LogP contribution in [0.3, 0.4) is 0 Å². The van der Waals surface area contributed by atoms with Crippen LogP contribution in [0.1, 0.15) is 24.9 Å². The average Bonchev–Trinajstić information content (AvgIpc) is 2.59. The van der Waals surface area contributed by atoms with Crippen LogP contribution in [0, 0.1) is 0 Å². The van der Waals surface area contributed by atoms with E-state index < -0.39 is 0 Å². The molecule has 1 amide bonds. The number of carbonyl (C=O) groups excluding carboxylic acids is 1. The van der Waals surface area contributed by atoms with Crippen LogP contribution in [0.4, 0.5) is 0 Å². The van der Waals surface area contributed by atoms with Gasteiger partial charge in [0.15, 0.2) is 0 Å². The molecule has 1 atom stereocenters. The zero-order valence-electron chi connectivity index (χ0n) is 9.02. The molecule has 0 aliphatic rings. The summed E-state index contributed by atoms with van der Waals surface area (Å²) in [4.78, 5) is 15.3. The van der Waals surface area contributed by atoms with Gasteiger partial charge in [-0.1, -0.05) is 0 Å².